The monoisotopic (exact) mass is 1120 g/mol. The lowest BCUT2D eigenvalue weighted by atomic mass is 10.1. The number of hydrogen-bond acceptors (Lipinski definition) is 16. The van der Waals surface area contributed by atoms with Gasteiger partial charge in [0.2, 0.25) is 0 Å². The largest absolute Gasteiger partial charge is 0.492 e. The first kappa shape index (κ1) is 57.2. The molecule has 7 aliphatic rings. The van der Waals surface area contributed by atoms with Gasteiger partial charge in [0.25, 0.3) is 0 Å². The summed E-state index contributed by atoms with van der Waals surface area (Å²) in [6.45, 7) is 8.51. The molecule has 7 aliphatic heterocycles. The fourth-order valence-corrected chi connectivity index (χ4v) is 12.4. The number of unbranched alkanes of at least 4 members (excludes halogenated alkanes) is 8. The Morgan fingerprint density at radius 2 is 0.487 bits per heavy atom. The van der Waals surface area contributed by atoms with Gasteiger partial charge in [0.1, 0.15) is 65.6 Å². The second-order valence-corrected chi connectivity index (χ2v) is 24.0. The Balaban J connectivity index is 1.33. The zero-order valence-corrected chi connectivity index (χ0v) is 46.3. The summed E-state index contributed by atoms with van der Waals surface area (Å²) in [6.07, 6.45) is 9.00. The molecule has 76 heavy (non-hydrogen) atoms. The Kier molecular flexibility index (Phi) is 19.6. The minimum absolute atomic E-state index is 0.112. The fourth-order valence-electron chi connectivity index (χ4n) is 7.91. The van der Waals surface area contributed by atoms with Crippen molar-refractivity contribution in [2.24, 2.45) is 0 Å². The molecule has 13 rings (SSSR count). The van der Waals surface area contributed by atoms with Gasteiger partial charge in [-0.15, -0.1) is 0 Å². The van der Waals surface area contributed by atoms with Crippen molar-refractivity contribution >= 4 is 40.5 Å². The van der Waals surface area contributed by atoms with Gasteiger partial charge in [-0.25, -0.2) is 0 Å². The van der Waals surface area contributed by atoms with E-state index in [1.807, 2.05) is 27.7 Å². The van der Waals surface area contributed by atoms with Crippen LogP contribution in [0.1, 0.15) is 105 Å². The third-order valence-electron chi connectivity index (χ3n) is 12.0. The summed E-state index contributed by atoms with van der Waals surface area (Å²) in [5, 5.41) is 0. The first-order valence-corrected chi connectivity index (χ1v) is 31.2. The Morgan fingerprint density at radius 3 is 0.671 bits per heavy atom. The highest BCUT2D eigenvalue weighted by molar-refractivity contribution is 7.88. The third-order valence-corrected chi connectivity index (χ3v) is 17.1. The van der Waals surface area contributed by atoms with E-state index in [9.17, 15) is 33.7 Å². The van der Waals surface area contributed by atoms with Crippen LogP contribution < -0.4 is 35.7 Å². The summed E-state index contributed by atoms with van der Waals surface area (Å²) >= 11 is 0. The minimum atomic E-state index is -4.81. The van der Waals surface area contributed by atoms with Crippen LogP contribution in [0.4, 0.5) is 0 Å². The van der Waals surface area contributed by atoms with Gasteiger partial charge in [0, 0.05) is 12.1 Å². The summed E-state index contributed by atoms with van der Waals surface area (Å²) in [5.74, 6) is -1.15. The van der Waals surface area contributed by atoms with Gasteiger partial charge >= 0.3 is 40.5 Å². The molecule has 408 valence electrons. The SMILES string of the molecule is CCCCCOc1cc(OCCCCC)c2cc1S(=O)(=O)Oc1ccc(cc1)-c1ccc(cc1)OS(=O)(=O)c1cc(c(OCCCCC)cc1OCCCCC)S(=O)(=O)Oc1ccc(cc1)-c1ccc(cc1)OS2(=O)=O. The Morgan fingerprint density at radius 1 is 0.289 bits per heavy atom. The molecule has 0 saturated carbocycles. The van der Waals surface area contributed by atoms with E-state index in [0.717, 1.165) is 63.5 Å². The molecule has 0 unspecified atom stereocenters. The molecule has 0 saturated heterocycles. The maximum absolute atomic E-state index is 14.3. The minimum Gasteiger partial charge on any atom is -0.492 e. The zero-order valence-electron chi connectivity index (χ0n) is 43.0. The molecule has 7 heterocycles. The summed E-state index contributed by atoms with van der Waals surface area (Å²) in [7, 11) is -19.2. The Bertz CT molecular complexity index is 2900. The second kappa shape index (κ2) is 26.0. The number of hydrogen-bond donors (Lipinski definition) is 0. The van der Waals surface area contributed by atoms with Crippen molar-refractivity contribution in [3.05, 3.63) is 121 Å². The fraction of sp³-hybridized carbons (Fsp3) is 0.357. The van der Waals surface area contributed by atoms with Crippen molar-refractivity contribution in [1.29, 1.82) is 0 Å². The standard InChI is InChI=1S/C56H64O16S4/c1-5-9-13-33-65-49-37-50(66-34-14-10-6-2)54-39-53(49)73(57,58)69-45-25-17-41(18-26-45)42-21-29-47(30-22-42)71-75(61,62)55-40-56(52(68-36-16-12-8-4)38-51(55)67-35-15-11-7-3)76(63,64)72-48-31-23-44(24-32-48)43-19-27-46(28-20-43)70-74(54,59)60/h17-32,37-40H,5-16,33-36H2,1-4H3. The van der Waals surface area contributed by atoms with E-state index < -0.39 is 60.1 Å². The molecule has 0 fully saturated rings. The van der Waals surface area contributed by atoms with Crippen LogP contribution >= 0.6 is 0 Å². The maximum Gasteiger partial charge on any atom is 0.342 e. The first-order chi connectivity index (χ1) is 36.5. The van der Waals surface area contributed by atoms with E-state index in [2.05, 4.69) is 0 Å². The van der Waals surface area contributed by atoms with E-state index in [0.29, 0.717) is 47.9 Å². The van der Waals surface area contributed by atoms with Crippen LogP contribution in [0.2, 0.25) is 0 Å². The van der Waals surface area contributed by atoms with Gasteiger partial charge in [0.15, 0.2) is 0 Å². The van der Waals surface area contributed by atoms with Crippen LogP contribution in [-0.2, 0) is 40.5 Å². The van der Waals surface area contributed by atoms with Crippen molar-refractivity contribution in [2.75, 3.05) is 26.4 Å². The van der Waals surface area contributed by atoms with Crippen molar-refractivity contribution in [3.63, 3.8) is 0 Å². The van der Waals surface area contributed by atoms with Crippen molar-refractivity contribution in [3.8, 4) is 68.2 Å². The molecule has 6 aromatic carbocycles. The summed E-state index contributed by atoms with van der Waals surface area (Å²) in [5.41, 5.74) is 2.29. The predicted molar refractivity (Wildman–Crippen MR) is 288 cm³/mol. The molecule has 0 spiro atoms. The molecule has 20 heteroatoms. The summed E-state index contributed by atoms with van der Waals surface area (Å²) in [6, 6.07) is 28.1. The lowest BCUT2D eigenvalue weighted by Gasteiger charge is -2.18. The van der Waals surface area contributed by atoms with Crippen molar-refractivity contribution in [2.45, 2.75) is 124 Å². The van der Waals surface area contributed by atoms with Crippen LogP contribution in [0.3, 0.4) is 0 Å². The number of ether oxygens (including phenoxy) is 4. The van der Waals surface area contributed by atoms with Crippen LogP contribution in [0.25, 0.3) is 22.3 Å². The summed E-state index contributed by atoms with van der Waals surface area (Å²) in [4.78, 5) is -2.30. The average molecular weight is 1120 g/mol. The molecule has 12 bridgehead atoms. The molecule has 0 amide bonds. The topological polar surface area (TPSA) is 210 Å². The van der Waals surface area contributed by atoms with Gasteiger partial charge in [-0.3, -0.25) is 0 Å². The first-order valence-electron chi connectivity index (χ1n) is 25.5. The molecule has 6 aromatic rings. The molecular weight excluding hydrogens is 1060 g/mol. The van der Waals surface area contributed by atoms with Crippen molar-refractivity contribution < 1.29 is 69.4 Å². The predicted octanol–water partition coefficient (Wildman–Crippen LogP) is 12.7. The Labute approximate surface area is 447 Å². The molecule has 0 aromatic heterocycles. The van der Waals surface area contributed by atoms with E-state index in [1.165, 1.54) is 60.7 Å². The second-order valence-electron chi connectivity index (χ2n) is 18.0. The van der Waals surface area contributed by atoms with Crippen LogP contribution in [0.15, 0.2) is 141 Å². The Hall–Kier alpha value is -6.48. The molecule has 16 nitrogen and oxygen atoms in total. The van der Waals surface area contributed by atoms with Crippen LogP contribution in [0, 0.1) is 0 Å². The molecule has 0 radical (unpaired) electrons. The highest BCUT2D eigenvalue weighted by Crippen LogP contribution is 2.41. The van der Waals surface area contributed by atoms with E-state index in [1.54, 1.807) is 48.5 Å². The smallest absolute Gasteiger partial charge is 0.342 e. The summed E-state index contributed by atoms with van der Waals surface area (Å²) < 4.78 is 161. The third kappa shape index (κ3) is 14.9. The van der Waals surface area contributed by atoms with Gasteiger partial charge in [-0.1, -0.05) is 128 Å². The quantitative estimate of drug-likeness (QED) is 0.0514. The molecule has 0 atom stereocenters. The maximum atomic E-state index is 14.3. The highest BCUT2D eigenvalue weighted by atomic mass is 32.2. The van der Waals surface area contributed by atoms with Crippen LogP contribution in [0.5, 0.6) is 46.0 Å². The lowest BCUT2D eigenvalue weighted by Crippen LogP contribution is -2.17. The van der Waals surface area contributed by atoms with E-state index in [4.69, 9.17) is 35.7 Å². The molecular formula is C56H64O16S4. The zero-order chi connectivity index (χ0) is 54.4. The van der Waals surface area contributed by atoms with Gasteiger partial charge in [-0.2, -0.15) is 33.7 Å². The van der Waals surface area contributed by atoms with Gasteiger partial charge in [-0.05, 0) is 109 Å². The number of benzene rings is 6. The van der Waals surface area contributed by atoms with E-state index >= 15 is 0 Å². The van der Waals surface area contributed by atoms with Crippen LogP contribution in [-0.4, -0.2) is 60.1 Å². The van der Waals surface area contributed by atoms with Crippen molar-refractivity contribution in [1.82, 2.24) is 0 Å². The molecule has 0 N–H and O–H groups in total. The highest BCUT2D eigenvalue weighted by Gasteiger charge is 2.33. The average Bonchev–Trinajstić information content (AvgIpc) is 3.40. The lowest BCUT2D eigenvalue weighted by molar-refractivity contribution is 0.279. The van der Waals surface area contributed by atoms with Gasteiger partial charge in [0.05, 0.1) is 26.4 Å². The van der Waals surface area contributed by atoms with E-state index in [-0.39, 0.29) is 72.4 Å². The number of rotatable bonds is 20. The normalized spacial score (nSPS) is 15.1. The molecule has 0 aliphatic carbocycles. The van der Waals surface area contributed by atoms with Gasteiger partial charge < -0.3 is 35.7 Å².